The molecule has 2 heterocycles. The van der Waals surface area contributed by atoms with E-state index in [1.54, 1.807) is 0 Å². The monoisotopic (exact) mass is 366 g/mol. The smallest absolute Gasteiger partial charge is 0.340 e. The summed E-state index contributed by atoms with van der Waals surface area (Å²) in [5, 5.41) is 15.2. The molecule has 124 valence electrons. The topological polar surface area (TPSA) is 204 Å². The van der Waals surface area contributed by atoms with E-state index in [0.29, 0.717) is 0 Å². The van der Waals surface area contributed by atoms with Gasteiger partial charge < -0.3 is 8.37 Å². The highest BCUT2D eigenvalue weighted by Gasteiger charge is 2.28. The van der Waals surface area contributed by atoms with Gasteiger partial charge in [0, 0.05) is 0 Å². The summed E-state index contributed by atoms with van der Waals surface area (Å²) in [4.78, 5) is 22.7. The molecule has 2 aromatic heterocycles. The molecule has 23 heavy (non-hydrogen) atoms. The zero-order chi connectivity index (χ0) is 17.1. The molecule has 0 aliphatic carbocycles. The molecular weight excluding hydrogens is 360 g/mol. The molecule has 0 unspecified atom stereocenters. The maximum absolute atomic E-state index is 11.5. The largest absolute Gasteiger partial charge is 0.362 e. The third kappa shape index (κ3) is 4.07. The number of nitrogens with zero attached hydrogens (tertiary/aromatic N) is 4. The average molecular weight is 366 g/mol. The van der Waals surface area contributed by atoms with E-state index in [-0.39, 0.29) is 0 Å². The van der Waals surface area contributed by atoms with Crippen molar-refractivity contribution in [3.05, 3.63) is 12.4 Å². The number of hydrogen-bond acceptors (Lipinski definition) is 12. The fourth-order valence-corrected chi connectivity index (χ4v) is 2.59. The quantitative estimate of drug-likeness (QED) is 0.401. The summed E-state index contributed by atoms with van der Waals surface area (Å²) in [5.41, 5.74) is 0. The zero-order valence-electron chi connectivity index (χ0n) is 10.7. The van der Waals surface area contributed by atoms with Gasteiger partial charge in [0.2, 0.25) is 10.1 Å². The van der Waals surface area contributed by atoms with Crippen LogP contribution in [0.3, 0.4) is 0 Å². The van der Waals surface area contributed by atoms with E-state index in [9.17, 15) is 26.4 Å². The molecule has 2 N–H and O–H groups in total. The Hall–Kier alpha value is -2.88. The van der Waals surface area contributed by atoms with E-state index < -0.39 is 48.6 Å². The Labute approximate surface area is 127 Å². The van der Waals surface area contributed by atoms with Gasteiger partial charge in [0.25, 0.3) is 0 Å². The van der Waals surface area contributed by atoms with Crippen molar-refractivity contribution < 1.29 is 34.8 Å². The Bertz CT molecular complexity index is 824. The van der Waals surface area contributed by atoms with Crippen molar-refractivity contribution in [3.63, 3.8) is 0 Å². The van der Waals surface area contributed by atoms with Crippen molar-refractivity contribution in [2.75, 3.05) is 0 Å². The van der Waals surface area contributed by atoms with Gasteiger partial charge >= 0.3 is 32.2 Å². The van der Waals surface area contributed by atoms with Crippen molar-refractivity contribution in [2.24, 2.45) is 0 Å². The lowest BCUT2D eigenvalue weighted by molar-refractivity contribution is -0.143. The van der Waals surface area contributed by atoms with Crippen LogP contribution in [0.15, 0.2) is 22.4 Å². The van der Waals surface area contributed by atoms with E-state index in [4.69, 9.17) is 0 Å². The first kappa shape index (κ1) is 16.5. The molecule has 2 aromatic rings. The molecule has 0 aromatic carbocycles. The van der Waals surface area contributed by atoms with Crippen molar-refractivity contribution >= 4 is 32.2 Å². The lowest BCUT2D eigenvalue weighted by Gasteiger charge is -2.03. The molecule has 14 nitrogen and oxygen atoms in total. The SMILES string of the molecule is O=C(CC(=O)OS(=O)(=O)c1c[nH]nn1)OS(=O)(=O)c1c[nH]nn1. The Balaban J connectivity index is 1.97. The van der Waals surface area contributed by atoms with Crippen LogP contribution in [-0.4, -0.2) is 59.6 Å². The predicted octanol–water partition coefficient (Wildman–Crippen LogP) is -2.52. The van der Waals surface area contributed by atoms with Crippen molar-refractivity contribution in [3.8, 4) is 0 Å². The molecule has 0 fully saturated rings. The molecule has 0 aliphatic heterocycles. The van der Waals surface area contributed by atoms with Gasteiger partial charge in [-0.25, -0.2) is 0 Å². The summed E-state index contributed by atoms with van der Waals surface area (Å²) in [7, 11) is -9.18. The molecule has 16 heteroatoms. The lowest BCUT2D eigenvalue weighted by Crippen LogP contribution is -2.20. The number of rotatable bonds is 6. The predicted molar refractivity (Wildman–Crippen MR) is 63.9 cm³/mol. The van der Waals surface area contributed by atoms with Crippen LogP contribution < -0.4 is 0 Å². The Morgan fingerprint density at radius 1 is 0.870 bits per heavy atom. The van der Waals surface area contributed by atoms with Crippen LogP contribution in [0.5, 0.6) is 0 Å². The number of carbonyl (C=O) groups is 2. The van der Waals surface area contributed by atoms with Gasteiger partial charge in [0.15, 0.2) is 0 Å². The number of carbonyl (C=O) groups excluding carboxylic acids is 2. The van der Waals surface area contributed by atoms with Gasteiger partial charge in [-0.2, -0.15) is 16.8 Å². The van der Waals surface area contributed by atoms with Gasteiger partial charge in [-0.3, -0.25) is 19.8 Å². The summed E-state index contributed by atoms with van der Waals surface area (Å²) < 4.78 is 54.1. The molecule has 0 spiro atoms. The van der Waals surface area contributed by atoms with Crippen LogP contribution in [0, 0.1) is 0 Å². The number of H-pyrrole nitrogens is 2. The Morgan fingerprint density at radius 2 is 1.26 bits per heavy atom. The second-order valence-corrected chi connectivity index (χ2v) is 6.61. The molecule has 0 atom stereocenters. The first-order chi connectivity index (χ1) is 10.7. The summed E-state index contributed by atoms with van der Waals surface area (Å²) in [5.74, 6) is -3.15. The van der Waals surface area contributed by atoms with Gasteiger partial charge in [0.1, 0.15) is 6.42 Å². The van der Waals surface area contributed by atoms with Gasteiger partial charge in [-0.15, -0.1) is 10.2 Å². The van der Waals surface area contributed by atoms with Crippen molar-refractivity contribution in [1.82, 2.24) is 30.8 Å². The van der Waals surface area contributed by atoms with E-state index in [2.05, 4.69) is 39.2 Å². The fourth-order valence-electron chi connectivity index (χ4n) is 1.13. The lowest BCUT2D eigenvalue weighted by atomic mass is 10.5. The van der Waals surface area contributed by atoms with Gasteiger partial charge in [0.05, 0.1) is 12.4 Å². The maximum atomic E-state index is 11.5. The third-order valence-corrected chi connectivity index (χ3v) is 4.23. The standard InChI is InChI=1S/C7H6N6O8S2/c14-6(20-22(16,17)4-2-8-12-10-4)1-7(15)21-23(18,19)5-3-9-13-11-5/h2-3H,1H2,(H,8,10,12)(H,9,11,13). The first-order valence-electron chi connectivity index (χ1n) is 5.38. The van der Waals surface area contributed by atoms with Crippen molar-refractivity contribution in [1.29, 1.82) is 0 Å². The van der Waals surface area contributed by atoms with E-state index in [1.807, 2.05) is 0 Å². The molecule has 0 saturated carbocycles. The first-order valence-corrected chi connectivity index (χ1v) is 8.20. The second-order valence-electron chi connectivity index (χ2n) is 3.62. The normalized spacial score (nSPS) is 11.8. The van der Waals surface area contributed by atoms with Crippen LogP contribution in [-0.2, 0) is 38.2 Å². The summed E-state index contributed by atoms with van der Waals surface area (Å²) in [6, 6.07) is 0. The highest BCUT2D eigenvalue weighted by molar-refractivity contribution is 7.87. The summed E-state index contributed by atoms with van der Waals surface area (Å²) in [6.45, 7) is 0. The number of aromatic nitrogens is 6. The van der Waals surface area contributed by atoms with Crippen LogP contribution in [0.2, 0.25) is 0 Å². The van der Waals surface area contributed by atoms with E-state index >= 15 is 0 Å². The molecular formula is C7H6N6O8S2. The highest BCUT2D eigenvalue weighted by atomic mass is 32.2. The Morgan fingerprint density at radius 3 is 1.57 bits per heavy atom. The summed E-state index contributed by atoms with van der Waals surface area (Å²) in [6.07, 6.45) is 0.375. The minimum Gasteiger partial charge on any atom is -0.340 e. The van der Waals surface area contributed by atoms with Crippen LogP contribution in [0.25, 0.3) is 0 Å². The Kier molecular flexibility index (Phi) is 4.36. The molecule has 0 radical (unpaired) electrons. The average Bonchev–Trinajstić information content (AvgIpc) is 3.11. The minimum absolute atomic E-state index is 0.700. The molecule has 0 saturated heterocycles. The molecule has 0 bridgehead atoms. The molecule has 2 rings (SSSR count). The van der Waals surface area contributed by atoms with E-state index in [0.717, 1.165) is 12.4 Å². The van der Waals surface area contributed by atoms with Crippen LogP contribution >= 0.6 is 0 Å². The third-order valence-electron chi connectivity index (χ3n) is 1.99. The van der Waals surface area contributed by atoms with E-state index in [1.165, 1.54) is 0 Å². The highest BCUT2D eigenvalue weighted by Crippen LogP contribution is 2.10. The molecule has 0 aliphatic rings. The summed E-state index contributed by atoms with van der Waals surface area (Å²) >= 11 is 0. The number of aromatic amines is 2. The van der Waals surface area contributed by atoms with Crippen molar-refractivity contribution in [2.45, 2.75) is 16.5 Å². The maximum Gasteiger partial charge on any atom is 0.362 e. The fraction of sp³-hybridized carbons (Fsp3) is 0.143. The van der Waals surface area contributed by atoms with Crippen LogP contribution in [0.4, 0.5) is 0 Å². The number of hydrogen-bond donors (Lipinski definition) is 2. The molecule has 0 amide bonds. The number of nitrogens with one attached hydrogen (secondary N) is 2. The van der Waals surface area contributed by atoms with Crippen LogP contribution in [0.1, 0.15) is 6.42 Å². The zero-order valence-corrected chi connectivity index (χ0v) is 12.4. The second kappa shape index (κ2) is 6.08. The minimum atomic E-state index is -4.59. The van der Waals surface area contributed by atoms with Gasteiger partial charge in [-0.05, 0) is 0 Å². The van der Waals surface area contributed by atoms with Gasteiger partial charge in [-0.1, -0.05) is 10.4 Å².